The van der Waals surface area contributed by atoms with E-state index in [0.717, 1.165) is 11.3 Å². The van der Waals surface area contributed by atoms with Gasteiger partial charge in [-0.3, -0.25) is 0 Å². The molecule has 0 fully saturated rings. The molecule has 1 aromatic heterocycles. The summed E-state index contributed by atoms with van der Waals surface area (Å²) in [5, 5.41) is 0. The van der Waals surface area contributed by atoms with E-state index < -0.39 is 10.0 Å². The van der Waals surface area contributed by atoms with Crippen molar-refractivity contribution in [3.8, 4) is 0 Å². The number of sulfonamides is 1. The largest absolute Gasteiger partial charge is 0.469 e. The van der Waals surface area contributed by atoms with Crippen LogP contribution in [-0.2, 0) is 22.9 Å². The lowest BCUT2D eigenvalue weighted by Crippen LogP contribution is -2.25. The Bertz CT molecular complexity index is 692. The third-order valence-corrected chi connectivity index (χ3v) is 4.48. The van der Waals surface area contributed by atoms with Crippen LogP contribution in [0.25, 0.3) is 0 Å². The van der Waals surface area contributed by atoms with Gasteiger partial charge in [0.15, 0.2) is 0 Å². The number of nitrogens with two attached hydrogens (primary N) is 1. The van der Waals surface area contributed by atoms with Crippen molar-refractivity contribution in [2.75, 3.05) is 6.54 Å². The molecule has 0 bridgehead atoms. The predicted molar refractivity (Wildman–Crippen MR) is 84.5 cm³/mol. The van der Waals surface area contributed by atoms with Crippen molar-refractivity contribution >= 4 is 27.2 Å². The Labute approximate surface area is 129 Å². The van der Waals surface area contributed by atoms with Crippen molar-refractivity contribution in [1.29, 1.82) is 0 Å². The summed E-state index contributed by atoms with van der Waals surface area (Å²) < 4.78 is 31.9. The molecule has 0 unspecified atom stereocenters. The highest BCUT2D eigenvalue weighted by atomic mass is 32.2. The number of hydrogen-bond donors (Lipinski definition) is 2. The molecule has 0 spiro atoms. The number of thiocarbonyl (C=S) groups is 1. The maximum atomic E-state index is 12.1. The van der Waals surface area contributed by atoms with E-state index in [-0.39, 0.29) is 11.4 Å². The van der Waals surface area contributed by atoms with Crippen LogP contribution in [-0.4, -0.2) is 20.0 Å². The Morgan fingerprint density at radius 3 is 2.52 bits per heavy atom. The Morgan fingerprint density at radius 1 is 1.24 bits per heavy atom. The second kappa shape index (κ2) is 6.84. The first-order valence-electron chi connectivity index (χ1n) is 6.37. The first-order chi connectivity index (χ1) is 9.97. The van der Waals surface area contributed by atoms with E-state index in [1.807, 2.05) is 0 Å². The van der Waals surface area contributed by atoms with Gasteiger partial charge in [0.25, 0.3) is 0 Å². The van der Waals surface area contributed by atoms with Gasteiger partial charge in [-0.2, -0.15) is 0 Å². The predicted octanol–water partition coefficient (Wildman–Crippen LogP) is 1.63. The molecule has 1 aromatic carbocycles. The van der Waals surface area contributed by atoms with Gasteiger partial charge in [-0.05, 0) is 29.8 Å². The van der Waals surface area contributed by atoms with E-state index in [4.69, 9.17) is 22.4 Å². The zero-order chi connectivity index (χ0) is 15.3. The average molecular weight is 324 g/mol. The van der Waals surface area contributed by atoms with Crippen LogP contribution in [0.3, 0.4) is 0 Å². The van der Waals surface area contributed by atoms with Gasteiger partial charge in [0.05, 0.1) is 16.1 Å². The molecule has 0 aliphatic carbocycles. The number of rotatable bonds is 7. The molecule has 0 amide bonds. The summed E-state index contributed by atoms with van der Waals surface area (Å²) in [6.45, 7) is 0.282. The first kappa shape index (κ1) is 15.7. The average Bonchev–Trinajstić information content (AvgIpc) is 2.91. The van der Waals surface area contributed by atoms with Crippen molar-refractivity contribution < 1.29 is 12.8 Å². The van der Waals surface area contributed by atoms with Crippen LogP contribution in [0.15, 0.2) is 52.0 Å². The quantitative estimate of drug-likeness (QED) is 0.756. The van der Waals surface area contributed by atoms with Crippen molar-refractivity contribution in [2.45, 2.75) is 17.7 Å². The number of benzene rings is 1. The van der Waals surface area contributed by atoms with Crippen molar-refractivity contribution in [3.05, 3.63) is 54.0 Å². The van der Waals surface area contributed by atoms with Crippen LogP contribution >= 0.6 is 12.2 Å². The molecule has 0 aliphatic heterocycles. The third kappa shape index (κ3) is 4.66. The number of hydrogen-bond acceptors (Lipinski definition) is 4. The molecular weight excluding hydrogens is 308 g/mol. The van der Waals surface area contributed by atoms with E-state index >= 15 is 0 Å². The molecule has 1 heterocycles. The molecule has 0 radical (unpaired) electrons. The summed E-state index contributed by atoms with van der Waals surface area (Å²) >= 11 is 4.82. The summed E-state index contributed by atoms with van der Waals surface area (Å²) in [4.78, 5) is 0.593. The lowest BCUT2D eigenvalue weighted by atomic mass is 10.1. The number of furan rings is 1. The molecule has 5 nitrogen and oxygen atoms in total. The minimum Gasteiger partial charge on any atom is -0.469 e. The third-order valence-electron chi connectivity index (χ3n) is 2.86. The van der Waals surface area contributed by atoms with Crippen LogP contribution in [0.1, 0.15) is 11.3 Å². The second-order valence-corrected chi connectivity index (χ2v) is 6.81. The molecule has 0 saturated carbocycles. The SMILES string of the molecule is NC(=S)Cc1ccc(S(=O)(=O)NCCc2ccco2)cc1. The second-order valence-electron chi connectivity index (χ2n) is 4.51. The smallest absolute Gasteiger partial charge is 0.240 e. The van der Waals surface area contributed by atoms with E-state index in [2.05, 4.69) is 4.72 Å². The van der Waals surface area contributed by atoms with Gasteiger partial charge in [-0.25, -0.2) is 13.1 Å². The summed E-state index contributed by atoms with van der Waals surface area (Å²) in [7, 11) is -3.51. The normalized spacial score (nSPS) is 11.4. The summed E-state index contributed by atoms with van der Waals surface area (Å²) in [5.74, 6) is 0.740. The Morgan fingerprint density at radius 2 is 1.95 bits per heavy atom. The summed E-state index contributed by atoms with van der Waals surface area (Å²) in [6.07, 6.45) is 2.53. The highest BCUT2D eigenvalue weighted by molar-refractivity contribution is 7.89. The van der Waals surface area contributed by atoms with Gasteiger partial charge in [-0.15, -0.1) is 0 Å². The van der Waals surface area contributed by atoms with Crippen molar-refractivity contribution in [1.82, 2.24) is 4.72 Å². The van der Waals surface area contributed by atoms with Gasteiger partial charge in [0.2, 0.25) is 10.0 Å². The fourth-order valence-electron chi connectivity index (χ4n) is 1.83. The molecule has 112 valence electrons. The maximum absolute atomic E-state index is 12.1. The van der Waals surface area contributed by atoms with E-state index in [0.29, 0.717) is 17.8 Å². The van der Waals surface area contributed by atoms with E-state index in [1.54, 1.807) is 42.7 Å². The monoisotopic (exact) mass is 324 g/mol. The summed E-state index contributed by atoms with van der Waals surface area (Å²) in [5.41, 5.74) is 6.34. The standard InChI is InChI=1S/C14H16N2O3S2/c15-14(20)10-11-3-5-13(6-4-11)21(17,18)16-8-7-12-2-1-9-19-12/h1-6,9,16H,7-8,10H2,(H2,15,20). The molecule has 2 rings (SSSR count). The van der Waals surface area contributed by atoms with E-state index in [1.165, 1.54) is 0 Å². The summed E-state index contributed by atoms with van der Waals surface area (Å²) in [6, 6.07) is 10.1. The van der Waals surface area contributed by atoms with Gasteiger partial charge in [-0.1, -0.05) is 24.4 Å². The zero-order valence-corrected chi connectivity index (χ0v) is 12.9. The van der Waals surface area contributed by atoms with Crippen LogP contribution in [0.4, 0.5) is 0 Å². The molecule has 2 aromatic rings. The minimum atomic E-state index is -3.51. The van der Waals surface area contributed by atoms with Gasteiger partial charge < -0.3 is 10.2 Å². The lowest BCUT2D eigenvalue weighted by Gasteiger charge is -2.07. The Kier molecular flexibility index (Phi) is 5.11. The fraction of sp³-hybridized carbons (Fsp3) is 0.214. The van der Waals surface area contributed by atoms with Gasteiger partial charge in [0, 0.05) is 19.4 Å². The van der Waals surface area contributed by atoms with Crippen molar-refractivity contribution in [2.24, 2.45) is 5.73 Å². The van der Waals surface area contributed by atoms with Crippen LogP contribution < -0.4 is 10.5 Å². The molecule has 7 heteroatoms. The molecule has 21 heavy (non-hydrogen) atoms. The fourth-order valence-corrected chi connectivity index (χ4v) is 3.03. The Balaban J connectivity index is 1.96. The van der Waals surface area contributed by atoms with E-state index in [9.17, 15) is 8.42 Å². The molecule has 0 atom stereocenters. The van der Waals surface area contributed by atoms with Crippen LogP contribution in [0, 0.1) is 0 Å². The highest BCUT2D eigenvalue weighted by Gasteiger charge is 2.13. The first-order valence-corrected chi connectivity index (χ1v) is 8.26. The van der Waals surface area contributed by atoms with Gasteiger partial charge in [0.1, 0.15) is 5.76 Å². The minimum absolute atomic E-state index is 0.216. The lowest BCUT2D eigenvalue weighted by molar-refractivity contribution is 0.506. The molecule has 3 N–H and O–H groups in total. The van der Waals surface area contributed by atoms with Crippen LogP contribution in [0.2, 0.25) is 0 Å². The van der Waals surface area contributed by atoms with Gasteiger partial charge >= 0.3 is 0 Å². The topological polar surface area (TPSA) is 85.3 Å². The Hall–Kier alpha value is -1.70. The molecule has 0 aliphatic rings. The van der Waals surface area contributed by atoms with Crippen molar-refractivity contribution in [3.63, 3.8) is 0 Å². The maximum Gasteiger partial charge on any atom is 0.240 e. The van der Waals surface area contributed by atoms with Crippen LogP contribution in [0.5, 0.6) is 0 Å². The highest BCUT2D eigenvalue weighted by Crippen LogP contribution is 2.11. The zero-order valence-electron chi connectivity index (χ0n) is 11.3. The number of nitrogens with one attached hydrogen (secondary N) is 1. The molecular formula is C14H16N2O3S2. The molecule has 0 saturated heterocycles.